The van der Waals surface area contributed by atoms with Crippen LogP contribution in [0, 0.1) is 17.3 Å². The highest BCUT2D eigenvalue weighted by Crippen LogP contribution is 2.48. The van der Waals surface area contributed by atoms with E-state index in [1.165, 1.54) is 4.90 Å². The van der Waals surface area contributed by atoms with Crippen molar-refractivity contribution in [1.29, 1.82) is 0 Å². The van der Waals surface area contributed by atoms with Crippen molar-refractivity contribution in [2.45, 2.75) is 85.7 Å². The summed E-state index contributed by atoms with van der Waals surface area (Å²) in [4.78, 5) is 38.6. The highest BCUT2D eigenvalue weighted by atomic mass is 28.4. The van der Waals surface area contributed by atoms with Crippen LogP contribution < -0.4 is 0 Å². The number of fused-ring (bicyclic) bond motifs is 1. The number of hydrogen-bond donors (Lipinski definition) is 1. The molecule has 0 aromatic rings. The van der Waals surface area contributed by atoms with Crippen LogP contribution in [-0.2, 0) is 28.3 Å². The molecule has 0 aliphatic carbocycles. The third-order valence-corrected chi connectivity index (χ3v) is 11.2. The van der Waals surface area contributed by atoms with Crippen LogP contribution in [0.2, 0.25) is 18.1 Å². The monoisotopic (exact) mass is 455 g/mol. The number of hydrogen-bond acceptors (Lipinski definition) is 7. The number of esters is 2. The topological polar surface area (TPSA) is 102 Å². The van der Waals surface area contributed by atoms with Gasteiger partial charge in [-0.2, -0.15) is 0 Å². The Hall–Kier alpha value is -1.87. The molecule has 0 radical (unpaired) electrons. The van der Waals surface area contributed by atoms with Gasteiger partial charge in [-0.25, -0.2) is 4.79 Å². The van der Waals surface area contributed by atoms with Gasteiger partial charge in [0.2, 0.25) is 12.7 Å². The van der Waals surface area contributed by atoms with Crippen LogP contribution in [0.15, 0.2) is 11.5 Å². The third-order valence-electron chi connectivity index (χ3n) is 6.59. The van der Waals surface area contributed by atoms with E-state index in [9.17, 15) is 19.5 Å². The summed E-state index contributed by atoms with van der Waals surface area (Å²) in [6.45, 7) is 18.8. The molecule has 8 nitrogen and oxygen atoms in total. The number of β-lactam (4-membered cyclic amide) rings is 1. The number of ether oxygens (including phenoxy) is 2. The van der Waals surface area contributed by atoms with E-state index < -0.39 is 44.3 Å². The average Bonchev–Trinajstić information content (AvgIpc) is 2.81. The van der Waals surface area contributed by atoms with E-state index in [-0.39, 0.29) is 34.5 Å². The fourth-order valence-corrected chi connectivity index (χ4v) is 5.07. The maximum Gasteiger partial charge on any atom is 0.361 e. The average molecular weight is 456 g/mol. The lowest BCUT2D eigenvalue weighted by molar-refractivity contribution is -0.175. The highest BCUT2D eigenvalue weighted by Gasteiger charge is 2.61. The zero-order valence-electron chi connectivity index (χ0n) is 20.4. The van der Waals surface area contributed by atoms with Crippen LogP contribution in [-0.4, -0.2) is 55.1 Å². The van der Waals surface area contributed by atoms with E-state index in [4.69, 9.17) is 13.9 Å². The summed E-state index contributed by atoms with van der Waals surface area (Å²) in [6, 6.07) is -0.369. The van der Waals surface area contributed by atoms with E-state index in [1.54, 1.807) is 27.7 Å². The third kappa shape index (κ3) is 4.67. The summed E-state index contributed by atoms with van der Waals surface area (Å²) in [5, 5.41) is 10.6. The van der Waals surface area contributed by atoms with Crippen molar-refractivity contribution in [3.05, 3.63) is 11.5 Å². The summed E-state index contributed by atoms with van der Waals surface area (Å²) in [5.74, 6) is -2.74. The first-order chi connectivity index (χ1) is 13.9. The molecule has 2 rings (SSSR count). The lowest BCUT2D eigenvalue weighted by Crippen LogP contribution is -2.65. The molecule has 31 heavy (non-hydrogen) atoms. The Labute approximate surface area is 186 Å². The van der Waals surface area contributed by atoms with E-state index >= 15 is 0 Å². The van der Waals surface area contributed by atoms with Crippen molar-refractivity contribution in [2.24, 2.45) is 17.3 Å². The van der Waals surface area contributed by atoms with Gasteiger partial charge in [0.1, 0.15) is 5.76 Å². The van der Waals surface area contributed by atoms with E-state index in [2.05, 4.69) is 33.9 Å². The molecule has 2 heterocycles. The maximum atomic E-state index is 13.0. The Bertz CT molecular complexity index is 791. The molecule has 1 saturated heterocycles. The summed E-state index contributed by atoms with van der Waals surface area (Å²) in [7, 11) is -2.10. The quantitative estimate of drug-likeness (QED) is 0.282. The second-order valence-electron chi connectivity index (χ2n) is 11.1. The largest absolute Gasteiger partial charge is 0.509 e. The molecular weight excluding hydrogens is 418 g/mol. The molecule has 1 fully saturated rings. The van der Waals surface area contributed by atoms with E-state index in [0.717, 1.165) is 0 Å². The van der Waals surface area contributed by atoms with Gasteiger partial charge in [-0.05, 0) is 45.8 Å². The molecule has 4 atom stereocenters. The molecule has 2 aliphatic heterocycles. The number of amides is 1. The predicted molar refractivity (Wildman–Crippen MR) is 117 cm³/mol. The lowest BCUT2D eigenvalue weighted by Gasteiger charge is -2.49. The van der Waals surface area contributed by atoms with Gasteiger partial charge in [0, 0.05) is 5.92 Å². The molecule has 9 heteroatoms. The minimum Gasteiger partial charge on any atom is -0.509 e. The van der Waals surface area contributed by atoms with Gasteiger partial charge >= 0.3 is 11.9 Å². The predicted octanol–water partition coefficient (Wildman–Crippen LogP) is 3.73. The molecule has 0 aromatic heterocycles. The number of rotatable bonds is 6. The Kier molecular flexibility index (Phi) is 6.75. The van der Waals surface area contributed by atoms with Crippen LogP contribution in [0.25, 0.3) is 0 Å². The van der Waals surface area contributed by atoms with Crippen molar-refractivity contribution >= 4 is 26.2 Å². The number of carbonyl (C=O) groups excluding carboxylic acids is 3. The van der Waals surface area contributed by atoms with Gasteiger partial charge in [0.05, 0.1) is 23.5 Å². The first-order valence-corrected chi connectivity index (χ1v) is 13.6. The fraction of sp³-hybridized carbons (Fsp3) is 0.773. The number of carbonyl (C=O) groups is 3. The molecule has 1 N–H and O–H groups in total. The minimum atomic E-state index is -2.10. The standard InChI is InChI=1S/C22H37NO7Si/c1-12-15-14(13(2)30-31(9,10)22(6,7)8)18(25)23(15)16(17(12)24)19(26)28-11-29-20(27)21(3,4)5/h12-15,24H,11H2,1-10H3/t12-,13-,14-,15-/m1/s1. The van der Waals surface area contributed by atoms with Gasteiger partial charge in [-0.3, -0.25) is 14.5 Å². The fourth-order valence-electron chi connectivity index (χ4n) is 3.64. The molecule has 0 spiro atoms. The van der Waals surface area contributed by atoms with Gasteiger partial charge < -0.3 is 19.0 Å². The summed E-state index contributed by atoms with van der Waals surface area (Å²) in [6.07, 6.45) is -0.340. The van der Waals surface area contributed by atoms with Crippen molar-refractivity contribution in [1.82, 2.24) is 4.90 Å². The first kappa shape index (κ1) is 25.4. The molecule has 0 aromatic carbocycles. The van der Waals surface area contributed by atoms with Gasteiger partial charge in [-0.15, -0.1) is 0 Å². The molecule has 0 unspecified atom stereocenters. The molecule has 0 saturated carbocycles. The van der Waals surface area contributed by atoms with Crippen molar-refractivity contribution < 1.29 is 33.4 Å². The summed E-state index contributed by atoms with van der Waals surface area (Å²) in [5.41, 5.74) is -0.910. The van der Waals surface area contributed by atoms with Gasteiger partial charge in [0.25, 0.3) is 0 Å². The highest BCUT2D eigenvalue weighted by molar-refractivity contribution is 6.74. The van der Waals surface area contributed by atoms with E-state index in [0.29, 0.717) is 0 Å². The minimum absolute atomic E-state index is 0.00508. The van der Waals surface area contributed by atoms with Gasteiger partial charge in [-0.1, -0.05) is 27.7 Å². The van der Waals surface area contributed by atoms with Crippen LogP contribution in [0.1, 0.15) is 55.4 Å². The van der Waals surface area contributed by atoms with Crippen LogP contribution >= 0.6 is 0 Å². The second-order valence-corrected chi connectivity index (χ2v) is 15.8. The van der Waals surface area contributed by atoms with Crippen LogP contribution in [0.4, 0.5) is 0 Å². The molecular formula is C22H37NO7Si. The van der Waals surface area contributed by atoms with Crippen molar-refractivity contribution in [3.63, 3.8) is 0 Å². The Morgan fingerprint density at radius 1 is 1.13 bits per heavy atom. The first-order valence-electron chi connectivity index (χ1n) is 10.7. The van der Waals surface area contributed by atoms with Gasteiger partial charge in [0.15, 0.2) is 14.0 Å². The SMILES string of the molecule is C[C@@H](O[Si](C)(C)C(C)(C)C)[C@H]1C(=O)N2C(C(=O)OCOC(=O)C(C)(C)C)=C(O)[C@H](C)[C@H]12. The summed E-state index contributed by atoms with van der Waals surface area (Å²) < 4.78 is 16.4. The number of nitrogens with zero attached hydrogens (tertiary/aromatic N) is 1. The lowest BCUT2D eigenvalue weighted by atomic mass is 9.79. The second kappa shape index (κ2) is 8.24. The number of aliphatic hydroxyl groups is 1. The number of aliphatic hydroxyl groups excluding tert-OH is 1. The maximum absolute atomic E-state index is 13.0. The van der Waals surface area contributed by atoms with Crippen LogP contribution in [0.5, 0.6) is 0 Å². The summed E-state index contributed by atoms with van der Waals surface area (Å²) >= 11 is 0. The Morgan fingerprint density at radius 3 is 2.16 bits per heavy atom. The van der Waals surface area contributed by atoms with Crippen molar-refractivity contribution in [3.8, 4) is 0 Å². The zero-order valence-corrected chi connectivity index (χ0v) is 21.4. The molecule has 176 valence electrons. The van der Waals surface area contributed by atoms with Crippen LogP contribution in [0.3, 0.4) is 0 Å². The van der Waals surface area contributed by atoms with Crippen molar-refractivity contribution in [2.75, 3.05) is 6.79 Å². The molecule has 0 bridgehead atoms. The zero-order chi connectivity index (χ0) is 24.1. The molecule has 1 amide bonds. The molecule has 2 aliphatic rings. The normalized spacial score (nSPS) is 25.2. The van der Waals surface area contributed by atoms with E-state index in [1.807, 2.05) is 6.92 Å². The Morgan fingerprint density at radius 2 is 1.68 bits per heavy atom. The smallest absolute Gasteiger partial charge is 0.361 e. The Balaban J connectivity index is 2.08.